The molecule has 43 heavy (non-hydrogen) atoms. The lowest BCUT2D eigenvalue weighted by molar-refractivity contribution is -0.137. The number of rotatable bonds is 6. The second kappa shape index (κ2) is 10.8. The van der Waals surface area contributed by atoms with Gasteiger partial charge in [0.05, 0.1) is 11.3 Å². The molecule has 6 rings (SSSR count). The second-order valence-electron chi connectivity index (χ2n) is 9.92. The highest BCUT2D eigenvalue weighted by Crippen LogP contribution is 2.39. The summed E-state index contributed by atoms with van der Waals surface area (Å²) in [5.41, 5.74) is 2.29. The summed E-state index contributed by atoms with van der Waals surface area (Å²) < 4.78 is 83.6. The zero-order valence-electron chi connectivity index (χ0n) is 22.5. The van der Waals surface area contributed by atoms with Crippen molar-refractivity contribution in [2.75, 3.05) is 16.6 Å². The van der Waals surface area contributed by atoms with Gasteiger partial charge in [-0.05, 0) is 60.5 Å². The molecule has 220 valence electrons. The number of para-hydroxylation sites is 1. The van der Waals surface area contributed by atoms with E-state index in [1.807, 2.05) is 17.6 Å². The number of aryl methyl sites for hydroxylation is 1. The number of anilines is 2. The Bertz CT molecular complexity index is 2010. The quantitative estimate of drug-likeness (QED) is 0.246. The van der Waals surface area contributed by atoms with Crippen LogP contribution in [0.5, 0.6) is 0 Å². The summed E-state index contributed by atoms with van der Waals surface area (Å²) in [5, 5.41) is 3.36. The van der Waals surface area contributed by atoms with Gasteiger partial charge in [-0.25, -0.2) is 22.8 Å². The molecular weight excluding hydrogens is 586 g/mol. The molecule has 0 aliphatic carbocycles. The Kier molecular flexibility index (Phi) is 7.08. The predicted molar refractivity (Wildman–Crippen MR) is 152 cm³/mol. The number of benzene rings is 2. The average molecular weight is 610 g/mol. The number of fused-ring (bicyclic) bond motifs is 3. The molecule has 0 saturated heterocycles. The van der Waals surface area contributed by atoms with Crippen LogP contribution in [0.25, 0.3) is 22.5 Å². The van der Waals surface area contributed by atoms with Crippen molar-refractivity contribution in [3.63, 3.8) is 0 Å². The van der Waals surface area contributed by atoms with Gasteiger partial charge in [-0.1, -0.05) is 18.2 Å². The molecule has 0 fully saturated rings. The van der Waals surface area contributed by atoms with Gasteiger partial charge in [0.25, 0.3) is 5.62 Å². The number of nitrogens with one attached hydrogen (secondary N) is 2. The SMILES string of the molecule is Cc1ccc(NS(=O)(=O)Cc2cc(C(F)(F)F)ccn2)cc1-c1cc2cnc(=Nc3ccccc3F)nc-2n2c1NCC2. The van der Waals surface area contributed by atoms with Crippen molar-refractivity contribution in [2.45, 2.75) is 25.4 Å². The minimum Gasteiger partial charge on any atom is -0.369 e. The molecule has 0 bridgehead atoms. The topological polar surface area (TPSA) is 114 Å². The number of aromatic nitrogens is 4. The molecular formula is C29H23F4N7O2S. The fraction of sp³-hybridized carbons (Fsp3) is 0.172. The Hall–Kier alpha value is -4.85. The van der Waals surface area contributed by atoms with Crippen LogP contribution in [0.15, 0.2) is 78.0 Å². The molecule has 0 radical (unpaired) electrons. The molecule has 2 aromatic carbocycles. The van der Waals surface area contributed by atoms with Crippen LogP contribution in [-0.2, 0) is 28.5 Å². The Morgan fingerprint density at radius 2 is 1.86 bits per heavy atom. The maximum Gasteiger partial charge on any atom is 0.416 e. The van der Waals surface area contributed by atoms with Crippen LogP contribution in [0.4, 0.5) is 34.8 Å². The standard InChI is InChI=1S/C29H23F4N7O2S/c1-17-6-7-20(39-43(41,42)16-21-13-19(8-9-34-21)29(31,32)33)14-22(17)23-12-18-15-36-28(37-25-5-3-2-4-24(25)30)38-26(18)40-11-10-35-27(23)40/h2-9,12-15,35,39H,10-11,16H2,1H3. The smallest absolute Gasteiger partial charge is 0.369 e. The van der Waals surface area contributed by atoms with E-state index >= 15 is 0 Å². The van der Waals surface area contributed by atoms with E-state index in [2.05, 4.69) is 30.0 Å². The maximum absolute atomic E-state index is 14.1. The number of halogens is 4. The van der Waals surface area contributed by atoms with Crippen LogP contribution in [0, 0.1) is 12.7 Å². The van der Waals surface area contributed by atoms with Crippen molar-refractivity contribution < 1.29 is 26.0 Å². The van der Waals surface area contributed by atoms with Crippen LogP contribution >= 0.6 is 0 Å². The molecule has 2 N–H and O–H groups in total. The lowest BCUT2D eigenvalue weighted by atomic mass is 9.98. The summed E-state index contributed by atoms with van der Waals surface area (Å²) in [5.74, 6) is 0.120. The number of hydrogen-bond acceptors (Lipinski definition) is 7. The summed E-state index contributed by atoms with van der Waals surface area (Å²) >= 11 is 0. The van der Waals surface area contributed by atoms with E-state index in [0.29, 0.717) is 24.5 Å². The summed E-state index contributed by atoms with van der Waals surface area (Å²) in [6.45, 7) is 3.08. The normalized spacial score (nSPS) is 13.7. The van der Waals surface area contributed by atoms with Crippen molar-refractivity contribution >= 4 is 27.2 Å². The molecule has 14 heteroatoms. The highest BCUT2D eigenvalue weighted by Gasteiger charge is 2.31. The molecule has 0 unspecified atom stereocenters. The lowest BCUT2D eigenvalue weighted by Gasteiger charge is -2.19. The van der Waals surface area contributed by atoms with Gasteiger partial charge in [0, 0.05) is 42.3 Å². The average Bonchev–Trinajstić information content (AvgIpc) is 3.45. The van der Waals surface area contributed by atoms with E-state index in [4.69, 9.17) is 0 Å². The van der Waals surface area contributed by atoms with Crippen molar-refractivity contribution in [3.05, 3.63) is 101 Å². The third-order valence-corrected chi connectivity index (χ3v) is 8.07. The predicted octanol–water partition coefficient (Wildman–Crippen LogP) is 5.51. The van der Waals surface area contributed by atoms with Gasteiger partial charge < -0.3 is 9.88 Å². The zero-order valence-corrected chi connectivity index (χ0v) is 23.3. The minimum atomic E-state index is -4.62. The van der Waals surface area contributed by atoms with Gasteiger partial charge in [-0.2, -0.15) is 18.2 Å². The third kappa shape index (κ3) is 5.91. The van der Waals surface area contributed by atoms with Crippen LogP contribution in [0.2, 0.25) is 0 Å². The van der Waals surface area contributed by atoms with E-state index in [9.17, 15) is 26.0 Å². The van der Waals surface area contributed by atoms with Gasteiger partial charge in [0.2, 0.25) is 10.0 Å². The Balaban J connectivity index is 1.35. The molecule has 3 aromatic rings. The number of alkyl halides is 3. The molecule has 3 aliphatic rings. The van der Waals surface area contributed by atoms with Gasteiger partial charge >= 0.3 is 6.18 Å². The first kappa shape index (κ1) is 28.3. The highest BCUT2D eigenvalue weighted by atomic mass is 32.2. The third-order valence-electron chi connectivity index (χ3n) is 6.85. The summed E-state index contributed by atoms with van der Waals surface area (Å²) in [6, 6.07) is 14.5. The largest absolute Gasteiger partial charge is 0.416 e. The fourth-order valence-corrected chi connectivity index (χ4v) is 6.00. The summed E-state index contributed by atoms with van der Waals surface area (Å²) in [6.07, 6.45) is -2.08. The summed E-state index contributed by atoms with van der Waals surface area (Å²) in [4.78, 5) is 16.9. The van der Waals surface area contributed by atoms with E-state index in [-0.39, 0.29) is 22.7 Å². The molecule has 4 heterocycles. The first-order valence-electron chi connectivity index (χ1n) is 13.0. The number of pyridine rings is 2. The van der Waals surface area contributed by atoms with E-state index in [1.165, 1.54) is 12.1 Å². The fourth-order valence-electron chi connectivity index (χ4n) is 4.89. The molecule has 1 aromatic heterocycles. The first-order valence-corrected chi connectivity index (χ1v) is 14.7. The Labute approximate surface area is 243 Å². The van der Waals surface area contributed by atoms with Crippen molar-refractivity contribution in [3.8, 4) is 22.5 Å². The monoisotopic (exact) mass is 609 g/mol. The van der Waals surface area contributed by atoms with E-state index in [0.717, 1.165) is 40.8 Å². The van der Waals surface area contributed by atoms with Crippen molar-refractivity contribution in [1.29, 1.82) is 0 Å². The van der Waals surface area contributed by atoms with Crippen LogP contribution in [0.1, 0.15) is 16.8 Å². The molecule has 0 atom stereocenters. The van der Waals surface area contributed by atoms with E-state index < -0.39 is 33.3 Å². The molecule has 0 spiro atoms. The van der Waals surface area contributed by atoms with Gasteiger partial charge in [0.15, 0.2) is 0 Å². The van der Waals surface area contributed by atoms with Gasteiger partial charge in [0.1, 0.15) is 28.9 Å². The van der Waals surface area contributed by atoms with Gasteiger partial charge in [-0.15, -0.1) is 0 Å². The molecule has 0 saturated carbocycles. The Morgan fingerprint density at radius 1 is 1.05 bits per heavy atom. The van der Waals surface area contributed by atoms with Crippen molar-refractivity contribution in [1.82, 2.24) is 19.5 Å². The van der Waals surface area contributed by atoms with E-state index in [1.54, 1.807) is 36.5 Å². The Morgan fingerprint density at radius 3 is 2.65 bits per heavy atom. The first-order chi connectivity index (χ1) is 20.5. The molecule has 3 aliphatic heterocycles. The van der Waals surface area contributed by atoms with Gasteiger partial charge in [-0.3, -0.25) is 9.71 Å². The van der Waals surface area contributed by atoms with Crippen LogP contribution in [0.3, 0.4) is 0 Å². The minimum absolute atomic E-state index is 0.106. The molecule has 0 amide bonds. The molecule has 9 nitrogen and oxygen atoms in total. The highest BCUT2D eigenvalue weighted by molar-refractivity contribution is 7.91. The number of hydrogen-bond donors (Lipinski definition) is 2. The lowest BCUT2D eigenvalue weighted by Crippen LogP contribution is -2.18. The summed E-state index contributed by atoms with van der Waals surface area (Å²) in [7, 11) is -4.10. The van der Waals surface area contributed by atoms with Crippen molar-refractivity contribution in [2.24, 2.45) is 4.99 Å². The van der Waals surface area contributed by atoms with Crippen LogP contribution in [-0.4, -0.2) is 34.5 Å². The maximum atomic E-state index is 14.1. The second-order valence-corrected chi connectivity index (χ2v) is 11.6. The number of nitrogens with zero attached hydrogens (tertiary/aromatic N) is 5. The number of sulfonamides is 1. The zero-order chi connectivity index (χ0) is 30.4. The van der Waals surface area contributed by atoms with Crippen LogP contribution < -0.4 is 15.7 Å².